The zero-order valence-electron chi connectivity index (χ0n) is 15.5. The number of thiocarbonyl (C=S) groups is 1. The molecule has 0 saturated carbocycles. The fourth-order valence-corrected chi connectivity index (χ4v) is 3.55. The Hall–Kier alpha value is -2.30. The Balaban J connectivity index is 2.17. The van der Waals surface area contributed by atoms with Crippen molar-refractivity contribution in [2.75, 3.05) is 5.75 Å². The molecule has 3 atom stereocenters. The number of carbonyl (C=O) groups excluding carboxylic acids is 4. The molecule has 1 aromatic carbocycles. The summed E-state index contributed by atoms with van der Waals surface area (Å²) in [4.78, 5) is 50.1. The number of nitrogens with one attached hydrogen (secondary N) is 2. The Kier molecular flexibility index (Phi) is 7.67. The van der Waals surface area contributed by atoms with Crippen molar-refractivity contribution in [2.45, 2.75) is 38.4 Å². The lowest BCUT2D eigenvalue weighted by Gasteiger charge is -2.24. The van der Waals surface area contributed by atoms with Gasteiger partial charge in [-0.15, -0.1) is 0 Å². The van der Waals surface area contributed by atoms with Crippen molar-refractivity contribution in [1.82, 2.24) is 15.5 Å². The number of hydrogen-bond acceptors (Lipinski definition) is 7. The first-order valence-electron chi connectivity index (χ1n) is 8.64. The van der Waals surface area contributed by atoms with Crippen LogP contribution in [-0.2, 0) is 25.6 Å². The number of nitrogens with two attached hydrogens (primary N) is 1. The van der Waals surface area contributed by atoms with Crippen molar-refractivity contribution >= 4 is 51.9 Å². The van der Waals surface area contributed by atoms with E-state index in [0.717, 1.165) is 22.2 Å². The molecular formula is C18H22N4O4S2. The zero-order chi connectivity index (χ0) is 20.8. The molecule has 4 N–H and O–H groups in total. The first-order valence-corrected chi connectivity index (χ1v) is 10.0. The highest BCUT2D eigenvalue weighted by Gasteiger charge is 2.37. The van der Waals surface area contributed by atoms with Crippen molar-refractivity contribution in [2.24, 2.45) is 5.73 Å². The molecule has 1 heterocycles. The minimum absolute atomic E-state index is 0.0947. The molecule has 0 spiro atoms. The smallest absolute Gasteiger partial charge is 0.257 e. The van der Waals surface area contributed by atoms with Gasteiger partial charge in [-0.3, -0.25) is 19.2 Å². The topological polar surface area (TPSA) is 122 Å². The van der Waals surface area contributed by atoms with Gasteiger partial charge in [0.15, 0.2) is 4.32 Å². The molecule has 4 amide bonds. The molecule has 1 fully saturated rings. The molecule has 0 aromatic heterocycles. The summed E-state index contributed by atoms with van der Waals surface area (Å²) in [6.07, 6.45) is 0.177. The number of benzene rings is 1. The second-order valence-electron chi connectivity index (χ2n) is 6.39. The maximum atomic E-state index is 12.9. The quantitative estimate of drug-likeness (QED) is 0.527. The van der Waals surface area contributed by atoms with Gasteiger partial charge in [-0.2, -0.15) is 0 Å². The van der Waals surface area contributed by atoms with Gasteiger partial charge in [0.1, 0.15) is 12.1 Å². The maximum Gasteiger partial charge on any atom is 0.257 e. The summed E-state index contributed by atoms with van der Waals surface area (Å²) in [6, 6.07) is 6.40. The van der Waals surface area contributed by atoms with Crippen LogP contribution >= 0.6 is 24.0 Å². The van der Waals surface area contributed by atoms with Crippen LogP contribution in [0.2, 0.25) is 0 Å². The van der Waals surface area contributed by atoms with E-state index >= 15 is 0 Å². The largest absolute Gasteiger partial charge is 0.343 e. The number of nitrogens with zero attached hydrogens (tertiary/aromatic N) is 1. The minimum Gasteiger partial charge on any atom is -0.343 e. The highest BCUT2D eigenvalue weighted by atomic mass is 32.2. The van der Waals surface area contributed by atoms with Crippen LogP contribution in [-0.4, -0.2) is 56.7 Å². The SMILES string of the molecule is C[C@H](N)C(=O)N[C@@H](C)C(=O)N[C@@H](Cc1ccccc1)C(=O)N1C(=O)CSC1=S. The van der Waals surface area contributed by atoms with Crippen LogP contribution in [0.1, 0.15) is 19.4 Å². The average Bonchev–Trinajstić information content (AvgIpc) is 2.99. The summed E-state index contributed by atoms with van der Waals surface area (Å²) in [6.45, 7) is 2.99. The molecule has 8 nitrogen and oxygen atoms in total. The molecular weight excluding hydrogens is 400 g/mol. The number of imide groups is 1. The van der Waals surface area contributed by atoms with Crippen molar-refractivity contribution in [1.29, 1.82) is 0 Å². The van der Waals surface area contributed by atoms with E-state index in [-0.39, 0.29) is 16.5 Å². The van der Waals surface area contributed by atoms with E-state index in [0.29, 0.717) is 0 Å². The molecule has 10 heteroatoms. The summed E-state index contributed by atoms with van der Waals surface area (Å²) in [5, 5.41) is 5.10. The third-order valence-corrected chi connectivity index (χ3v) is 5.39. The molecule has 28 heavy (non-hydrogen) atoms. The summed E-state index contributed by atoms with van der Waals surface area (Å²) >= 11 is 6.20. The second-order valence-corrected chi connectivity index (χ2v) is 8.00. The number of thioether (sulfide) groups is 1. The van der Waals surface area contributed by atoms with Crippen molar-refractivity contribution in [3.05, 3.63) is 35.9 Å². The van der Waals surface area contributed by atoms with Crippen molar-refractivity contribution in [3.63, 3.8) is 0 Å². The molecule has 0 aliphatic carbocycles. The molecule has 1 saturated heterocycles. The van der Waals surface area contributed by atoms with Crippen LogP contribution in [0.4, 0.5) is 0 Å². The Morgan fingerprint density at radius 3 is 2.36 bits per heavy atom. The van der Waals surface area contributed by atoms with Gasteiger partial charge >= 0.3 is 0 Å². The highest BCUT2D eigenvalue weighted by Crippen LogP contribution is 2.21. The highest BCUT2D eigenvalue weighted by molar-refractivity contribution is 8.24. The van der Waals surface area contributed by atoms with Gasteiger partial charge in [0, 0.05) is 6.42 Å². The van der Waals surface area contributed by atoms with Gasteiger partial charge in [0.25, 0.3) is 5.91 Å². The van der Waals surface area contributed by atoms with Crippen LogP contribution < -0.4 is 16.4 Å². The van der Waals surface area contributed by atoms with E-state index < -0.39 is 41.8 Å². The fraction of sp³-hybridized carbons (Fsp3) is 0.389. The first-order chi connectivity index (χ1) is 13.2. The Bertz CT molecular complexity index is 769. The van der Waals surface area contributed by atoms with E-state index in [9.17, 15) is 19.2 Å². The predicted octanol–water partition coefficient (Wildman–Crippen LogP) is -0.0473. The summed E-state index contributed by atoms with van der Waals surface area (Å²) in [7, 11) is 0. The molecule has 1 aliphatic rings. The first kappa shape index (κ1) is 22.0. The van der Waals surface area contributed by atoms with Crippen LogP contribution in [0.5, 0.6) is 0 Å². The lowest BCUT2D eigenvalue weighted by molar-refractivity contribution is -0.141. The predicted molar refractivity (Wildman–Crippen MR) is 110 cm³/mol. The summed E-state index contributed by atoms with van der Waals surface area (Å²) < 4.78 is 0.167. The average molecular weight is 423 g/mol. The van der Waals surface area contributed by atoms with Gasteiger partial charge in [-0.25, -0.2) is 4.90 Å². The second kappa shape index (κ2) is 9.76. The zero-order valence-corrected chi connectivity index (χ0v) is 17.1. The Morgan fingerprint density at radius 1 is 1.18 bits per heavy atom. The molecule has 0 bridgehead atoms. The van der Waals surface area contributed by atoms with E-state index in [4.69, 9.17) is 18.0 Å². The number of hydrogen-bond donors (Lipinski definition) is 3. The van der Waals surface area contributed by atoms with Gasteiger partial charge in [0.2, 0.25) is 17.7 Å². The van der Waals surface area contributed by atoms with Gasteiger partial charge < -0.3 is 16.4 Å². The number of carbonyl (C=O) groups is 4. The molecule has 150 valence electrons. The van der Waals surface area contributed by atoms with E-state index in [1.165, 1.54) is 13.8 Å². The molecule has 1 aliphatic heterocycles. The van der Waals surface area contributed by atoms with Gasteiger partial charge in [0.05, 0.1) is 11.8 Å². The monoisotopic (exact) mass is 422 g/mol. The van der Waals surface area contributed by atoms with Crippen LogP contribution in [0.15, 0.2) is 30.3 Å². The lowest BCUT2D eigenvalue weighted by atomic mass is 10.0. The van der Waals surface area contributed by atoms with Crippen LogP contribution in [0.25, 0.3) is 0 Å². The Morgan fingerprint density at radius 2 is 1.82 bits per heavy atom. The summed E-state index contributed by atoms with van der Waals surface area (Å²) in [5.74, 6) is -1.96. The fourth-order valence-electron chi connectivity index (χ4n) is 2.48. The van der Waals surface area contributed by atoms with Gasteiger partial charge in [-0.05, 0) is 19.4 Å². The van der Waals surface area contributed by atoms with Crippen molar-refractivity contribution in [3.8, 4) is 0 Å². The standard InChI is InChI=1S/C18H22N4O4S2/c1-10(19)15(24)20-11(2)16(25)21-13(8-12-6-4-3-5-7-12)17(26)22-14(23)9-28-18(22)27/h3-7,10-11,13H,8-9,19H2,1-2H3,(H,20,24)(H,21,25)/t10-,11-,13-/m0/s1. The molecule has 0 unspecified atom stereocenters. The maximum absolute atomic E-state index is 12.9. The third-order valence-electron chi connectivity index (χ3n) is 4.03. The van der Waals surface area contributed by atoms with Crippen LogP contribution in [0.3, 0.4) is 0 Å². The molecule has 2 rings (SSSR count). The van der Waals surface area contributed by atoms with E-state index in [1.54, 1.807) is 0 Å². The molecule has 0 radical (unpaired) electrons. The lowest BCUT2D eigenvalue weighted by Crippen LogP contribution is -2.56. The van der Waals surface area contributed by atoms with Crippen LogP contribution in [0, 0.1) is 0 Å². The van der Waals surface area contributed by atoms with Gasteiger partial charge in [-0.1, -0.05) is 54.3 Å². The number of amides is 4. The summed E-state index contributed by atoms with van der Waals surface area (Å²) in [5.41, 5.74) is 6.29. The van der Waals surface area contributed by atoms with E-state index in [1.807, 2.05) is 30.3 Å². The number of rotatable bonds is 7. The van der Waals surface area contributed by atoms with E-state index in [2.05, 4.69) is 10.6 Å². The third kappa shape index (κ3) is 5.60. The molecule has 1 aromatic rings. The Labute approximate surface area is 172 Å². The minimum atomic E-state index is -1.01. The normalized spacial score (nSPS) is 17.0. The van der Waals surface area contributed by atoms with Crippen molar-refractivity contribution < 1.29 is 19.2 Å².